The average Bonchev–Trinajstić information content (AvgIpc) is 3.33. The Morgan fingerprint density at radius 3 is 2.80 bits per heavy atom. The summed E-state index contributed by atoms with van der Waals surface area (Å²) in [5.74, 6) is 2.57. The van der Waals surface area contributed by atoms with Crippen LogP contribution in [0.1, 0.15) is 25.1 Å². The van der Waals surface area contributed by atoms with Crippen LogP contribution in [0.15, 0.2) is 30.3 Å². The van der Waals surface area contributed by atoms with Gasteiger partial charge in [-0.2, -0.15) is 5.10 Å². The molecule has 1 amide bonds. The Morgan fingerprint density at radius 2 is 2.00 bits per heavy atom. The number of likely N-dealkylation sites (tertiary alicyclic amines) is 1. The zero-order valence-electron chi connectivity index (χ0n) is 14.4. The molecule has 0 saturated carbocycles. The van der Waals surface area contributed by atoms with E-state index in [2.05, 4.69) is 15.2 Å². The molecule has 2 aliphatic heterocycles. The molecule has 2 fully saturated rings. The van der Waals surface area contributed by atoms with E-state index in [4.69, 9.17) is 4.74 Å². The van der Waals surface area contributed by atoms with E-state index < -0.39 is 0 Å². The van der Waals surface area contributed by atoms with Gasteiger partial charge in [-0.3, -0.25) is 9.89 Å². The number of hydrogen-bond acceptors (Lipinski definition) is 4. The molecule has 0 radical (unpaired) electrons. The van der Waals surface area contributed by atoms with E-state index in [9.17, 15) is 4.79 Å². The van der Waals surface area contributed by atoms with E-state index in [0.29, 0.717) is 25.0 Å². The van der Waals surface area contributed by atoms with Gasteiger partial charge in [0.25, 0.3) is 0 Å². The van der Waals surface area contributed by atoms with Crippen LogP contribution < -0.4 is 0 Å². The lowest BCUT2D eigenvalue weighted by atomic mass is 9.99. The second-order valence-electron chi connectivity index (χ2n) is 7.00. The van der Waals surface area contributed by atoms with Crippen molar-refractivity contribution in [1.82, 2.24) is 20.1 Å². The molecular weight excluding hydrogens is 316 g/mol. The lowest BCUT2D eigenvalue weighted by molar-refractivity contribution is -0.137. The van der Waals surface area contributed by atoms with Crippen LogP contribution in [0.4, 0.5) is 0 Å². The van der Waals surface area contributed by atoms with E-state index in [1.54, 1.807) is 0 Å². The van der Waals surface area contributed by atoms with Gasteiger partial charge < -0.3 is 9.64 Å². The summed E-state index contributed by atoms with van der Waals surface area (Å²) in [4.78, 5) is 19.3. The van der Waals surface area contributed by atoms with Crippen molar-refractivity contribution in [3.8, 4) is 11.4 Å². The summed E-state index contributed by atoms with van der Waals surface area (Å²) < 4.78 is 5.36. The molecule has 25 heavy (non-hydrogen) atoms. The Balaban J connectivity index is 1.34. The average molecular weight is 340 g/mol. The summed E-state index contributed by atoms with van der Waals surface area (Å²) in [5, 5.41) is 7.38. The lowest BCUT2D eigenvalue weighted by Gasteiger charge is -2.26. The first-order chi connectivity index (χ1) is 12.3. The Hall–Kier alpha value is -2.21. The SMILES string of the molecule is O=C(C1CCOCC1)N1CCC(Cc2nc(-c3ccccc3)n[nH]2)C1. The first-order valence-electron chi connectivity index (χ1n) is 9.13. The molecule has 2 aromatic rings. The number of H-pyrrole nitrogens is 1. The molecular formula is C19H24N4O2. The van der Waals surface area contributed by atoms with Gasteiger partial charge in [0.05, 0.1) is 0 Å². The van der Waals surface area contributed by atoms with Crippen molar-refractivity contribution in [3.05, 3.63) is 36.2 Å². The molecule has 1 aromatic carbocycles. The van der Waals surface area contributed by atoms with Crippen LogP contribution in [0.25, 0.3) is 11.4 Å². The van der Waals surface area contributed by atoms with Gasteiger partial charge in [-0.1, -0.05) is 30.3 Å². The largest absolute Gasteiger partial charge is 0.381 e. The number of amides is 1. The first kappa shape index (κ1) is 16.3. The van der Waals surface area contributed by atoms with Crippen LogP contribution in [-0.4, -0.2) is 52.3 Å². The predicted molar refractivity (Wildman–Crippen MR) is 93.8 cm³/mol. The highest BCUT2D eigenvalue weighted by Gasteiger charge is 2.32. The number of carbonyl (C=O) groups is 1. The van der Waals surface area contributed by atoms with E-state index in [1.807, 2.05) is 35.2 Å². The van der Waals surface area contributed by atoms with Crippen molar-refractivity contribution in [3.63, 3.8) is 0 Å². The zero-order valence-corrected chi connectivity index (χ0v) is 14.4. The van der Waals surface area contributed by atoms with Crippen LogP contribution in [-0.2, 0) is 16.0 Å². The molecule has 6 nitrogen and oxygen atoms in total. The fourth-order valence-corrected chi connectivity index (χ4v) is 3.78. The number of carbonyl (C=O) groups excluding carboxylic acids is 1. The van der Waals surface area contributed by atoms with E-state index >= 15 is 0 Å². The highest BCUT2D eigenvalue weighted by Crippen LogP contribution is 2.25. The summed E-state index contributed by atoms with van der Waals surface area (Å²) in [6.45, 7) is 3.13. The van der Waals surface area contributed by atoms with E-state index in [0.717, 1.165) is 56.0 Å². The van der Waals surface area contributed by atoms with Crippen molar-refractivity contribution in [2.45, 2.75) is 25.7 Å². The Bertz CT molecular complexity index is 709. The molecule has 132 valence electrons. The summed E-state index contributed by atoms with van der Waals surface area (Å²) >= 11 is 0. The summed E-state index contributed by atoms with van der Waals surface area (Å²) in [5.41, 5.74) is 1.02. The van der Waals surface area contributed by atoms with E-state index in [1.165, 1.54) is 0 Å². The lowest BCUT2D eigenvalue weighted by Crippen LogP contribution is -2.37. The third-order valence-electron chi connectivity index (χ3n) is 5.21. The van der Waals surface area contributed by atoms with Crippen molar-refractivity contribution >= 4 is 5.91 Å². The maximum atomic E-state index is 12.6. The third-order valence-corrected chi connectivity index (χ3v) is 5.21. The van der Waals surface area contributed by atoms with Crippen molar-refractivity contribution < 1.29 is 9.53 Å². The van der Waals surface area contributed by atoms with Gasteiger partial charge in [0.1, 0.15) is 5.82 Å². The molecule has 3 heterocycles. The fourth-order valence-electron chi connectivity index (χ4n) is 3.78. The van der Waals surface area contributed by atoms with E-state index in [-0.39, 0.29) is 5.92 Å². The minimum Gasteiger partial charge on any atom is -0.381 e. The number of ether oxygens (including phenoxy) is 1. The molecule has 0 spiro atoms. The third kappa shape index (κ3) is 3.74. The molecule has 2 saturated heterocycles. The number of aromatic amines is 1. The second-order valence-corrected chi connectivity index (χ2v) is 7.00. The predicted octanol–water partition coefficient (Wildman–Crippen LogP) is 2.29. The number of hydrogen-bond donors (Lipinski definition) is 1. The van der Waals surface area contributed by atoms with Crippen LogP contribution in [0.3, 0.4) is 0 Å². The van der Waals surface area contributed by atoms with Gasteiger partial charge in [-0.15, -0.1) is 0 Å². The Morgan fingerprint density at radius 1 is 1.20 bits per heavy atom. The highest BCUT2D eigenvalue weighted by atomic mass is 16.5. The second kappa shape index (κ2) is 7.35. The van der Waals surface area contributed by atoms with Gasteiger partial charge in [0.2, 0.25) is 5.91 Å². The van der Waals surface area contributed by atoms with Gasteiger partial charge in [0, 0.05) is 44.2 Å². The van der Waals surface area contributed by atoms with Gasteiger partial charge in [-0.25, -0.2) is 4.98 Å². The summed E-state index contributed by atoms with van der Waals surface area (Å²) in [6.07, 6.45) is 3.61. The van der Waals surface area contributed by atoms with Gasteiger partial charge >= 0.3 is 0 Å². The van der Waals surface area contributed by atoms with Crippen LogP contribution >= 0.6 is 0 Å². The van der Waals surface area contributed by atoms with Gasteiger partial charge in [-0.05, 0) is 25.2 Å². The standard InChI is InChI=1S/C19H24N4O2/c24-19(16-7-10-25-11-8-16)23-9-6-14(13-23)12-17-20-18(22-21-17)15-4-2-1-3-5-15/h1-5,14,16H,6-13H2,(H,20,21,22). The molecule has 2 aliphatic rings. The maximum absolute atomic E-state index is 12.6. The smallest absolute Gasteiger partial charge is 0.225 e. The Kier molecular flexibility index (Phi) is 4.78. The van der Waals surface area contributed by atoms with Gasteiger partial charge in [0.15, 0.2) is 5.82 Å². The number of nitrogens with one attached hydrogen (secondary N) is 1. The number of aromatic nitrogens is 3. The van der Waals surface area contributed by atoms with Crippen LogP contribution in [0.5, 0.6) is 0 Å². The molecule has 1 N–H and O–H groups in total. The molecule has 4 rings (SSSR count). The molecule has 6 heteroatoms. The quantitative estimate of drug-likeness (QED) is 0.927. The summed E-state index contributed by atoms with van der Waals surface area (Å²) in [7, 11) is 0. The Labute approximate surface area is 147 Å². The molecule has 1 aromatic heterocycles. The van der Waals surface area contributed by atoms with Crippen molar-refractivity contribution in [1.29, 1.82) is 0 Å². The molecule has 1 atom stereocenters. The first-order valence-corrected chi connectivity index (χ1v) is 9.13. The van der Waals surface area contributed by atoms with Crippen molar-refractivity contribution in [2.24, 2.45) is 11.8 Å². The normalized spacial score (nSPS) is 21.6. The van der Waals surface area contributed by atoms with Crippen LogP contribution in [0.2, 0.25) is 0 Å². The highest BCUT2D eigenvalue weighted by molar-refractivity contribution is 5.79. The van der Waals surface area contributed by atoms with Crippen LogP contribution in [0, 0.1) is 11.8 Å². The number of rotatable bonds is 4. The molecule has 0 bridgehead atoms. The zero-order chi connectivity index (χ0) is 17.1. The van der Waals surface area contributed by atoms with Crippen molar-refractivity contribution in [2.75, 3.05) is 26.3 Å². The number of nitrogens with zero attached hydrogens (tertiary/aromatic N) is 3. The minimum absolute atomic E-state index is 0.155. The molecule has 1 unspecified atom stereocenters. The number of benzene rings is 1. The fraction of sp³-hybridized carbons (Fsp3) is 0.526. The topological polar surface area (TPSA) is 71.1 Å². The summed E-state index contributed by atoms with van der Waals surface area (Å²) in [6, 6.07) is 9.98. The molecule has 0 aliphatic carbocycles. The maximum Gasteiger partial charge on any atom is 0.225 e. The minimum atomic E-state index is 0.155. The monoisotopic (exact) mass is 340 g/mol.